The minimum Gasteiger partial charge on any atom is -0.279 e. The predicted molar refractivity (Wildman–Crippen MR) is 86.1 cm³/mol. The maximum absolute atomic E-state index is 11.8. The highest BCUT2D eigenvalue weighted by Gasteiger charge is 2.33. The molecule has 2 aromatic carbocycles. The molecule has 1 atom stereocenters. The Morgan fingerprint density at radius 1 is 1.05 bits per heavy atom. The minimum atomic E-state index is -0.145. The van der Waals surface area contributed by atoms with E-state index in [1.165, 1.54) is 23.0 Å². The van der Waals surface area contributed by atoms with Crippen LogP contribution in [-0.2, 0) is 16.0 Å². The lowest BCUT2D eigenvalue weighted by atomic mass is 10.00. The van der Waals surface area contributed by atoms with Crippen molar-refractivity contribution in [3.05, 3.63) is 60.2 Å². The summed E-state index contributed by atoms with van der Waals surface area (Å²) >= 11 is 0. The van der Waals surface area contributed by atoms with Gasteiger partial charge in [0.05, 0.1) is 0 Å². The van der Waals surface area contributed by atoms with Gasteiger partial charge in [-0.2, -0.15) is 0 Å². The molecule has 2 amide bonds. The zero-order valence-corrected chi connectivity index (χ0v) is 12.7. The molecule has 3 nitrogen and oxygen atoms in total. The van der Waals surface area contributed by atoms with Crippen LogP contribution in [0.1, 0.15) is 25.3 Å². The molecule has 3 rings (SSSR count). The Morgan fingerprint density at radius 2 is 1.68 bits per heavy atom. The molecule has 0 saturated carbocycles. The van der Waals surface area contributed by atoms with Gasteiger partial charge in [-0.15, -0.1) is 0 Å². The van der Waals surface area contributed by atoms with Crippen molar-refractivity contribution in [3.8, 4) is 11.1 Å². The number of hydrogen-bond donors (Lipinski definition) is 0. The summed E-state index contributed by atoms with van der Waals surface area (Å²) in [5, 5.41) is 0. The minimum absolute atomic E-state index is 0.00701. The van der Waals surface area contributed by atoms with Gasteiger partial charge in [0.1, 0.15) is 0 Å². The van der Waals surface area contributed by atoms with Crippen LogP contribution in [0.25, 0.3) is 11.1 Å². The number of likely N-dealkylation sites (tertiary alicyclic amines) is 1. The fourth-order valence-corrected chi connectivity index (χ4v) is 3.11. The summed E-state index contributed by atoms with van der Waals surface area (Å²) in [6.45, 7) is 1.47. The molecule has 1 saturated heterocycles. The summed E-state index contributed by atoms with van der Waals surface area (Å²) < 4.78 is 0. The molecule has 1 fully saturated rings. The van der Waals surface area contributed by atoms with Crippen LogP contribution in [0.15, 0.2) is 54.6 Å². The van der Waals surface area contributed by atoms with Crippen molar-refractivity contribution in [2.45, 2.75) is 32.2 Å². The van der Waals surface area contributed by atoms with E-state index in [0.717, 1.165) is 18.4 Å². The third kappa shape index (κ3) is 2.93. The summed E-state index contributed by atoms with van der Waals surface area (Å²) in [5.41, 5.74) is 3.52. The van der Waals surface area contributed by atoms with Gasteiger partial charge in [-0.05, 0) is 29.5 Å². The molecule has 22 heavy (non-hydrogen) atoms. The second kappa shape index (κ2) is 6.14. The molecule has 1 unspecified atom stereocenters. The maximum Gasteiger partial charge on any atom is 0.229 e. The smallest absolute Gasteiger partial charge is 0.229 e. The van der Waals surface area contributed by atoms with Crippen LogP contribution in [0.3, 0.4) is 0 Å². The van der Waals surface area contributed by atoms with Gasteiger partial charge >= 0.3 is 0 Å². The summed E-state index contributed by atoms with van der Waals surface area (Å²) in [6.07, 6.45) is 1.98. The molecular formula is C19H19NO2. The third-order valence-corrected chi connectivity index (χ3v) is 4.20. The lowest BCUT2D eigenvalue weighted by Crippen LogP contribution is -2.38. The van der Waals surface area contributed by atoms with Gasteiger partial charge in [-0.25, -0.2) is 0 Å². The normalized spacial score (nSPS) is 17.8. The summed E-state index contributed by atoms with van der Waals surface area (Å²) in [7, 11) is 0. The standard InChI is InChI=1S/C19H19NO2/c1-14(21)20-18(11-12-19(20)22)13-15-7-9-17(10-8-15)16-5-3-2-4-6-16/h2-10,18H,11-13H2,1H3. The first-order valence-corrected chi connectivity index (χ1v) is 7.62. The van der Waals surface area contributed by atoms with Gasteiger partial charge in [0, 0.05) is 19.4 Å². The van der Waals surface area contributed by atoms with Crippen LogP contribution >= 0.6 is 0 Å². The Balaban J connectivity index is 1.74. The summed E-state index contributed by atoms with van der Waals surface area (Å²) in [5.74, 6) is -0.188. The topological polar surface area (TPSA) is 37.4 Å². The Labute approximate surface area is 130 Å². The van der Waals surface area contributed by atoms with E-state index < -0.39 is 0 Å². The highest BCUT2D eigenvalue weighted by Crippen LogP contribution is 2.24. The zero-order chi connectivity index (χ0) is 15.5. The highest BCUT2D eigenvalue weighted by atomic mass is 16.2. The molecule has 1 aliphatic heterocycles. The van der Waals surface area contributed by atoms with Crippen molar-refractivity contribution in [3.63, 3.8) is 0 Å². The number of amides is 2. The van der Waals surface area contributed by atoms with Crippen LogP contribution in [0.2, 0.25) is 0 Å². The molecule has 112 valence electrons. The fourth-order valence-electron chi connectivity index (χ4n) is 3.11. The number of hydrogen-bond acceptors (Lipinski definition) is 2. The number of rotatable bonds is 3. The van der Waals surface area contributed by atoms with Crippen molar-refractivity contribution in [1.29, 1.82) is 0 Å². The van der Waals surface area contributed by atoms with E-state index in [9.17, 15) is 9.59 Å². The molecule has 1 aliphatic rings. The molecule has 0 spiro atoms. The molecule has 0 radical (unpaired) electrons. The van der Waals surface area contributed by atoms with Crippen LogP contribution in [0.4, 0.5) is 0 Å². The van der Waals surface area contributed by atoms with Crippen molar-refractivity contribution >= 4 is 11.8 Å². The molecule has 0 aromatic heterocycles. The zero-order valence-electron chi connectivity index (χ0n) is 12.7. The van der Waals surface area contributed by atoms with Gasteiger partial charge in [0.15, 0.2) is 0 Å². The Kier molecular flexibility index (Phi) is 4.05. The monoisotopic (exact) mass is 293 g/mol. The number of imide groups is 1. The first-order valence-electron chi connectivity index (χ1n) is 7.62. The van der Waals surface area contributed by atoms with E-state index in [0.29, 0.717) is 6.42 Å². The first kappa shape index (κ1) is 14.5. The Hall–Kier alpha value is -2.42. The number of carbonyl (C=O) groups is 2. The van der Waals surface area contributed by atoms with Crippen molar-refractivity contribution in [2.24, 2.45) is 0 Å². The number of carbonyl (C=O) groups excluding carboxylic acids is 2. The number of nitrogens with zero attached hydrogens (tertiary/aromatic N) is 1. The van der Waals surface area contributed by atoms with Crippen molar-refractivity contribution in [1.82, 2.24) is 4.90 Å². The Morgan fingerprint density at radius 3 is 2.32 bits per heavy atom. The van der Waals surface area contributed by atoms with E-state index in [1.807, 2.05) is 18.2 Å². The molecule has 0 aliphatic carbocycles. The molecular weight excluding hydrogens is 274 g/mol. The molecule has 1 heterocycles. The first-order chi connectivity index (χ1) is 10.6. The van der Waals surface area contributed by atoms with Crippen LogP contribution in [-0.4, -0.2) is 22.8 Å². The van der Waals surface area contributed by atoms with Gasteiger partial charge in [-0.1, -0.05) is 54.6 Å². The average Bonchev–Trinajstić information content (AvgIpc) is 2.90. The van der Waals surface area contributed by atoms with Gasteiger partial charge in [0.2, 0.25) is 11.8 Å². The Bertz CT molecular complexity index is 676. The molecule has 0 bridgehead atoms. The maximum atomic E-state index is 11.8. The molecule has 2 aromatic rings. The van der Waals surface area contributed by atoms with E-state index in [2.05, 4.69) is 36.4 Å². The second-order valence-electron chi connectivity index (χ2n) is 5.74. The van der Waals surface area contributed by atoms with Crippen LogP contribution < -0.4 is 0 Å². The van der Waals surface area contributed by atoms with Crippen LogP contribution in [0.5, 0.6) is 0 Å². The van der Waals surface area contributed by atoms with E-state index in [-0.39, 0.29) is 17.9 Å². The predicted octanol–water partition coefficient (Wildman–Crippen LogP) is 3.43. The quantitative estimate of drug-likeness (QED) is 0.869. The van der Waals surface area contributed by atoms with Gasteiger partial charge in [0.25, 0.3) is 0 Å². The summed E-state index contributed by atoms with van der Waals surface area (Å²) in [4.78, 5) is 24.8. The third-order valence-electron chi connectivity index (χ3n) is 4.20. The SMILES string of the molecule is CC(=O)N1C(=O)CCC1Cc1ccc(-c2ccccc2)cc1. The average molecular weight is 293 g/mol. The van der Waals surface area contributed by atoms with Gasteiger partial charge in [-0.3, -0.25) is 14.5 Å². The van der Waals surface area contributed by atoms with Crippen LogP contribution in [0, 0.1) is 0 Å². The highest BCUT2D eigenvalue weighted by molar-refractivity contribution is 5.96. The summed E-state index contributed by atoms with van der Waals surface area (Å²) in [6, 6.07) is 18.6. The van der Waals surface area contributed by atoms with E-state index >= 15 is 0 Å². The lowest BCUT2D eigenvalue weighted by molar-refractivity contribution is -0.142. The van der Waals surface area contributed by atoms with Crippen molar-refractivity contribution < 1.29 is 9.59 Å². The fraction of sp³-hybridized carbons (Fsp3) is 0.263. The molecule has 3 heteroatoms. The van der Waals surface area contributed by atoms with E-state index in [1.54, 1.807) is 0 Å². The number of benzene rings is 2. The van der Waals surface area contributed by atoms with E-state index in [4.69, 9.17) is 0 Å². The second-order valence-corrected chi connectivity index (χ2v) is 5.74. The largest absolute Gasteiger partial charge is 0.279 e. The van der Waals surface area contributed by atoms with Crippen molar-refractivity contribution in [2.75, 3.05) is 0 Å². The van der Waals surface area contributed by atoms with Gasteiger partial charge < -0.3 is 0 Å². The molecule has 0 N–H and O–H groups in total. The lowest BCUT2D eigenvalue weighted by Gasteiger charge is -2.21.